The van der Waals surface area contributed by atoms with Gasteiger partial charge in [-0.3, -0.25) is 10.1 Å². The molecule has 3 nitrogen and oxygen atoms in total. The first-order valence-corrected chi connectivity index (χ1v) is 9.22. The molecule has 1 fully saturated rings. The van der Waals surface area contributed by atoms with E-state index in [4.69, 9.17) is 0 Å². The van der Waals surface area contributed by atoms with Crippen molar-refractivity contribution in [2.24, 2.45) is 5.92 Å². The molecule has 1 N–H and O–H groups in total. The van der Waals surface area contributed by atoms with Gasteiger partial charge < -0.3 is 4.90 Å². The second-order valence-electron chi connectivity index (χ2n) is 6.63. The summed E-state index contributed by atoms with van der Waals surface area (Å²) in [6.07, 6.45) is 11.3. The highest BCUT2D eigenvalue weighted by atomic mass is 16.2. The first-order valence-electron chi connectivity index (χ1n) is 9.22. The number of unbranched alkanes of at least 4 members (excludes halogenated alkanes) is 5. The highest BCUT2D eigenvalue weighted by molar-refractivity contribution is 5.84. The van der Waals surface area contributed by atoms with Crippen molar-refractivity contribution in [1.29, 1.82) is 0 Å². The van der Waals surface area contributed by atoms with E-state index < -0.39 is 0 Å². The highest BCUT2D eigenvalue weighted by Crippen LogP contribution is 2.22. The van der Waals surface area contributed by atoms with Crippen LogP contribution < -0.4 is 5.32 Å². The summed E-state index contributed by atoms with van der Waals surface area (Å²) in [5.74, 6) is 0.780. The number of carbonyl (C=O) groups excluding carboxylic acids is 1. The third kappa shape index (κ3) is 5.61. The lowest BCUT2D eigenvalue weighted by Crippen LogP contribution is -2.38. The summed E-state index contributed by atoms with van der Waals surface area (Å²) in [6.45, 7) is 9.75. The first-order chi connectivity index (χ1) is 10.2. The molecule has 3 heteroatoms. The molecule has 1 amide bonds. The summed E-state index contributed by atoms with van der Waals surface area (Å²) in [6, 6.07) is 0.0478. The average molecular weight is 296 g/mol. The van der Waals surface area contributed by atoms with Gasteiger partial charge in [-0.1, -0.05) is 72.6 Å². The maximum Gasteiger partial charge on any atom is 0.241 e. The van der Waals surface area contributed by atoms with Crippen LogP contribution in [0.2, 0.25) is 0 Å². The number of nitrogens with one attached hydrogen (secondary N) is 1. The van der Waals surface area contributed by atoms with Crippen molar-refractivity contribution >= 4 is 5.91 Å². The minimum Gasteiger partial charge on any atom is -0.326 e. The molecule has 0 spiro atoms. The molecule has 1 aliphatic heterocycles. The zero-order valence-electron chi connectivity index (χ0n) is 14.7. The van der Waals surface area contributed by atoms with Crippen LogP contribution in [0.1, 0.15) is 85.5 Å². The third-order valence-electron chi connectivity index (χ3n) is 4.82. The second kappa shape index (κ2) is 10.2. The Labute approximate surface area is 131 Å². The lowest BCUT2D eigenvalue weighted by molar-refractivity contribution is -0.131. The quantitative estimate of drug-likeness (QED) is 0.576. The maximum absolute atomic E-state index is 12.6. The van der Waals surface area contributed by atoms with E-state index in [9.17, 15) is 4.79 Å². The first kappa shape index (κ1) is 18.5. The monoisotopic (exact) mass is 296 g/mol. The normalized spacial score (nSPS) is 23.8. The van der Waals surface area contributed by atoms with Crippen LogP contribution in [0.5, 0.6) is 0 Å². The fourth-order valence-electron chi connectivity index (χ4n) is 3.19. The van der Waals surface area contributed by atoms with Crippen LogP contribution in [0.4, 0.5) is 0 Å². The Morgan fingerprint density at radius 2 is 1.71 bits per heavy atom. The Morgan fingerprint density at radius 3 is 2.33 bits per heavy atom. The summed E-state index contributed by atoms with van der Waals surface area (Å²) < 4.78 is 0. The fourth-order valence-corrected chi connectivity index (χ4v) is 3.19. The molecule has 0 aliphatic carbocycles. The lowest BCUT2D eigenvalue weighted by Gasteiger charge is -2.23. The summed E-state index contributed by atoms with van der Waals surface area (Å²) in [5, 5.41) is 3.58. The van der Waals surface area contributed by atoms with Gasteiger partial charge in [-0.15, -0.1) is 0 Å². The van der Waals surface area contributed by atoms with Gasteiger partial charge >= 0.3 is 0 Å². The minimum absolute atomic E-state index is 0.0478. The third-order valence-corrected chi connectivity index (χ3v) is 4.82. The largest absolute Gasteiger partial charge is 0.326 e. The highest BCUT2D eigenvalue weighted by Gasteiger charge is 2.39. The number of rotatable bonds is 11. The molecule has 1 heterocycles. The molecule has 3 unspecified atom stereocenters. The molecule has 0 saturated carbocycles. The number of hydrogen-bond donors (Lipinski definition) is 1. The van der Waals surface area contributed by atoms with Gasteiger partial charge in [0, 0.05) is 6.54 Å². The van der Waals surface area contributed by atoms with Crippen LogP contribution in [0.3, 0.4) is 0 Å². The van der Waals surface area contributed by atoms with Gasteiger partial charge in [0.1, 0.15) is 0 Å². The van der Waals surface area contributed by atoms with E-state index in [0.717, 1.165) is 32.2 Å². The number of hydrogen-bond acceptors (Lipinski definition) is 2. The van der Waals surface area contributed by atoms with Crippen molar-refractivity contribution in [3.05, 3.63) is 0 Å². The second-order valence-corrected chi connectivity index (χ2v) is 6.63. The van der Waals surface area contributed by atoms with Crippen molar-refractivity contribution in [3.8, 4) is 0 Å². The Bertz CT molecular complexity index is 293. The number of amides is 1. The van der Waals surface area contributed by atoms with E-state index in [1.165, 1.54) is 32.1 Å². The zero-order chi connectivity index (χ0) is 15.7. The van der Waals surface area contributed by atoms with Crippen LogP contribution in [-0.4, -0.2) is 29.6 Å². The lowest BCUT2D eigenvalue weighted by atomic mass is 9.99. The van der Waals surface area contributed by atoms with Crippen LogP contribution in [-0.2, 0) is 4.79 Å². The maximum atomic E-state index is 12.6. The van der Waals surface area contributed by atoms with E-state index >= 15 is 0 Å². The summed E-state index contributed by atoms with van der Waals surface area (Å²) in [7, 11) is 0. The molecule has 1 aliphatic rings. The SMILES string of the molecule is CCCCCCCCN1C(=O)C(C(C)CC)NC1CCC. The van der Waals surface area contributed by atoms with Crippen molar-refractivity contribution in [2.45, 2.75) is 97.7 Å². The van der Waals surface area contributed by atoms with E-state index in [-0.39, 0.29) is 12.2 Å². The van der Waals surface area contributed by atoms with Gasteiger partial charge in [-0.05, 0) is 18.8 Å². The average Bonchev–Trinajstić information content (AvgIpc) is 2.79. The standard InChI is InChI=1S/C18H36N2O/c1-5-8-9-10-11-12-14-20-16(13-6-2)19-17(18(20)21)15(4)7-3/h15-17,19H,5-14H2,1-4H3. The van der Waals surface area contributed by atoms with Gasteiger partial charge in [-0.2, -0.15) is 0 Å². The molecule has 3 atom stereocenters. The minimum atomic E-state index is 0.0478. The predicted octanol–water partition coefficient (Wildman–Crippen LogP) is 4.32. The Kier molecular flexibility index (Phi) is 8.98. The van der Waals surface area contributed by atoms with E-state index in [1.54, 1.807) is 0 Å². The zero-order valence-corrected chi connectivity index (χ0v) is 14.7. The molecular formula is C18H36N2O. The summed E-state index contributed by atoms with van der Waals surface area (Å²) >= 11 is 0. The van der Waals surface area contributed by atoms with E-state index in [1.807, 2.05) is 0 Å². The van der Waals surface area contributed by atoms with Gasteiger partial charge in [0.15, 0.2) is 0 Å². The fraction of sp³-hybridized carbons (Fsp3) is 0.944. The molecule has 124 valence electrons. The predicted molar refractivity (Wildman–Crippen MR) is 90.2 cm³/mol. The van der Waals surface area contributed by atoms with E-state index in [2.05, 4.69) is 37.9 Å². The molecule has 21 heavy (non-hydrogen) atoms. The Morgan fingerprint density at radius 1 is 1.05 bits per heavy atom. The van der Waals surface area contributed by atoms with Crippen molar-refractivity contribution < 1.29 is 4.79 Å². The summed E-state index contributed by atoms with van der Waals surface area (Å²) in [4.78, 5) is 14.7. The van der Waals surface area contributed by atoms with Crippen LogP contribution in [0, 0.1) is 5.92 Å². The van der Waals surface area contributed by atoms with E-state index in [0.29, 0.717) is 11.8 Å². The van der Waals surface area contributed by atoms with Crippen molar-refractivity contribution in [3.63, 3.8) is 0 Å². The molecule has 1 saturated heterocycles. The van der Waals surface area contributed by atoms with Crippen LogP contribution >= 0.6 is 0 Å². The molecule has 1 rings (SSSR count). The molecule has 0 aromatic rings. The van der Waals surface area contributed by atoms with Gasteiger partial charge in [0.25, 0.3) is 0 Å². The van der Waals surface area contributed by atoms with Gasteiger partial charge in [-0.25, -0.2) is 0 Å². The number of carbonyl (C=O) groups is 1. The van der Waals surface area contributed by atoms with Crippen molar-refractivity contribution in [2.75, 3.05) is 6.54 Å². The molecule has 0 bridgehead atoms. The Balaban J connectivity index is 2.42. The number of nitrogens with zero attached hydrogens (tertiary/aromatic N) is 1. The van der Waals surface area contributed by atoms with Gasteiger partial charge in [0.2, 0.25) is 5.91 Å². The molecule has 0 aromatic heterocycles. The molecule has 0 radical (unpaired) electrons. The van der Waals surface area contributed by atoms with Crippen LogP contribution in [0.15, 0.2) is 0 Å². The van der Waals surface area contributed by atoms with Crippen molar-refractivity contribution in [1.82, 2.24) is 10.2 Å². The molecular weight excluding hydrogens is 260 g/mol. The van der Waals surface area contributed by atoms with Gasteiger partial charge in [0.05, 0.1) is 12.2 Å². The molecule has 0 aromatic carbocycles. The topological polar surface area (TPSA) is 32.3 Å². The smallest absolute Gasteiger partial charge is 0.241 e. The van der Waals surface area contributed by atoms with Crippen LogP contribution in [0.25, 0.3) is 0 Å². The Hall–Kier alpha value is -0.570. The summed E-state index contributed by atoms with van der Waals surface area (Å²) in [5.41, 5.74) is 0.